The standard InChI is InChI=1S/C18H20N4O3/c1-12(2)19-16(23)11-22-17(24)8-7-14(20-22)18(25)21-10-9-13-5-3-4-6-15(13)21/h3-8,12H,9-11H2,1-2H3,(H,19,23). The van der Waals surface area contributed by atoms with Crippen LogP contribution in [0.5, 0.6) is 0 Å². The third kappa shape index (κ3) is 3.60. The van der Waals surface area contributed by atoms with Crippen molar-refractivity contribution in [2.24, 2.45) is 0 Å². The van der Waals surface area contributed by atoms with Crippen molar-refractivity contribution in [1.82, 2.24) is 15.1 Å². The molecule has 0 spiro atoms. The fourth-order valence-corrected chi connectivity index (χ4v) is 2.87. The highest BCUT2D eigenvalue weighted by Gasteiger charge is 2.26. The first-order chi connectivity index (χ1) is 12.0. The van der Waals surface area contributed by atoms with Gasteiger partial charge in [0.25, 0.3) is 11.5 Å². The fraction of sp³-hybridized carbons (Fsp3) is 0.333. The lowest BCUT2D eigenvalue weighted by Gasteiger charge is -2.17. The number of carbonyl (C=O) groups is 2. The number of nitrogens with zero attached hydrogens (tertiary/aromatic N) is 3. The molecule has 3 rings (SSSR count). The van der Waals surface area contributed by atoms with E-state index in [4.69, 9.17) is 0 Å². The Morgan fingerprint density at radius 3 is 2.72 bits per heavy atom. The van der Waals surface area contributed by atoms with Crippen LogP contribution in [0, 0.1) is 0 Å². The van der Waals surface area contributed by atoms with Crippen molar-refractivity contribution in [3.05, 3.63) is 58.0 Å². The monoisotopic (exact) mass is 340 g/mol. The van der Waals surface area contributed by atoms with Crippen molar-refractivity contribution in [2.45, 2.75) is 32.9 Å². The van der Waals surface area contributed by atoms with Crippen LogP contribution in [0.25, 0.3) is 0 Å². The van der Waals surface area contributed by atoms with Crippen LogP contribution < -0.4 is 15.8 Å². The molecule has 2 amide bonds. The summed E-state index contributed by atoms with van der Waals surface area (Å²) in [6, 6.07) is 10.4. The maximum atomic E-state index is 12.8. The number of rotatable bonds is 4. The van der Waals surface area contributed by atoms with Crippen LogP contribution >= 0.6 is 0 Å². The van der Waals surface area contributed by atoms with E-state index in [0.717, 1.165) is 22.4 Å². The van der Waals surface area contributed by atoms with Gasteiger partial charge in [-0.05, 0) is 38.0 Å². The topological polar surface area (TPSA) is 84.3 Å². The first-order valence-corrected chi connectivity index (χ1v) is 8.23. The zero-order valence-corrected chi connectivity index (χ0v) is 14.2. The van der Waals surface area contributed by atoms with Crippen molar-refractivity contribution < 1.29 is 9.59 Å². The molecule has 2 aromatic rings. The van der Waals surface area contributed by atoms with Crippen molar-refractivity contribution >= 4 is 17.5 Å². The minimum Gasteiger partial charge on any atom is -0.352 e. The van der Waals surface area contributed by atoms with E-state index < -0.39 is 5.56 Å². The molecule has 1 aromatic carbocycles. The van der Waals surface area contributed by atoms with Crippen LogP contribution in [0.2, 0.25) is 0 Å². The summed E-state index contributed by atoms with van der Waals surface area (Å²) >= 11 is 0. The van der Waals surface area contributed by atoms with E-state index in [1.165, 1.54) is 12.1 Å². The maximum Gasteiger partial charge on any atom is 0.278 e. The molecule has 0 saturated carbocycles. The summed E-state index contributed by atoms with van der Waals surface area (Å²) in [6.07, 6.45) is 0.790. The van der Waals surface area contributed by atoms with Crippen LogP contribution in [0.3, 0.4) is 0 Å². The van der Waals surface area contributed by atoms with E-state index >= 15 is 0 Å². The van der Waals surface area contributed by atoms with Crippen molar-refractivity contribution in [3.63, 3.8) is 0 Å². The highest BCUT2D eigenvalue weighted by molar-refractivity contribution is 6.05. The molecule has 0 unspecified atom stereocenters. The average molecular weight is 340 g/mol. The smallest absolute Gasteiger partial charge is 0.278 e. The lowest BCUT2D eigenvalue weighted by molar-refractivity contribution is -0.122. The molecule has 25 heavy (non-hydrogen) atoms. The van der Waals surface area contributed by atoms with Gasteiger partial charge in [-0.3, -0.25) is 14.4 Å². The molecule has 1 aliphatic rings. The Bertz CT molecular complexity index is 873. The van der Waals surface area contributed by atoms with Crippen LogP contribution in [0.1, 0.15) is 29.9 Å². The molecule has 0 radical (unpaired) electrons. The zero-order chi connectivity index (χ0) is 18.0. The van der Waals surface area contributed by atoms with Gasteiger partial charge in [-0.1, -0.05) is 18.2 Å². The van der Waals surface area contributed by atoms with E-state index in [1.54, 1.807) is 4.90 Å². The van der Waals surface area contributed by atoms with Gasteiger partial charge in [0.15, 0.2) is 0 Å². The van der Waals surface area contributed by atoms with E-state index in [9.17, 15) is 14.4 Å². The molecule has 0 bridgehead atoms. The number of anilines is 1. The van der Waals surface area contributed by atoms with E-state index in [-0.39, 0.29) is 30.1 Å². The lowest BCUT2D eigenvalue weighted by atomic mass is 10.2. The number of hydrogen-bond acceptors (Lipinski definition) is 4. The third-order valence-electron chi connectivity index (χ3n) is 3.96. The van der Waals surface area contributed by atoms with Crippen molar-refractivity contribution in [2.75, 3.05) is 11.4 Å². The van der Waals surface area contributed by atoms with E-state index in [1.807, 2.05) is 38.1 Å². The van der Waals surface area contributed by atoms with Gasteiger partial charge >= 0.3 is 0 Å². The first kappa shape index (κ1) is 16.9. The largest absolute Gasteiger partial charge is 0.352 e. The number of amides is 2. The SMILES string of the molecule is CC(C)NC(=O)Cn1nc(C(=O)N2CCc3ccccc32)ccc1=O. The number of aromatic nitrogens is 2. The van der Waals surface area contributed by atoms with Gasteiger partial charge in [0.2, 0.25) is 5.91 Å². The average Bonchev–Trinajstić information content (AvgIpc) is 2.99. The highest BCUT2D eigenvalue weighted by Crippen LogP contribution is 2.28. The Hall–Kier alpha value is -2.96. The van der Waals surface area contributed by atoms with Crippen LogP contribution in [-0.4, -0.2) is 34.2 Å². The van der Waals surface area contributed by atoms with Crippen molar-refractivity contribution in [3.8, 4) is 0 Å². The molecule has 7 nitrogen and oxygen atoms in total. The molecule has 0 atom stereocenters. The molecule has 1 aromatic heterocycles. The van der Waals surface area contributed by atoms with Gasteiger partial charge < -0.3 is 10.2 Å². The number of hydrogen-bond donors (Lipinski definition) is 1. The summed E-state index contributed by atoms with van der Waals surface area (Å²) in [6.45, 7) is 4.03. The summed E-state index contributed by atoms with van der Waals surface area (Å²) < 4.78 is 1.02. The molecular formula is C18H20N4O3. The highest BCUT2D eigenvalue weighted by atomic mass is 16.2. The van der Waals surface area contributed by atoms with Gasteiger partial charge in [0.05, 0.1) is 0 Å². The summed E-state index contributed by atoms with van der Waals surface area (Å²) in [7, 11) is 0. The van der Waals surface area contributed by atoms with E-state index in [2.05, 4.69) is 10.4 Å². The molecule has 2 heterocycles. The molecule has 1 N–H and O–H groups in total. The van der Waals surface area contributed by atoms with Crippen molar-refractivity contribution in [1.29, 1.82) is 0 Å². The second-order valence-corrected chi connectivity index (χ2v) is 6.27. The van der Waals surface area contributed by atoms with Crippen LogP contribution in [-0.2, 0) is 17.8 Å². The van der Waals surface area contributed by atoms with Gasteiger partial charge in [-0.15, -0.1) is 0 Å². The number of carbonyl (C=O) groups excluding carboxylic acids is 2. The number of nitrogens with one attached hydrogen (secondary N) is 1. The van der Waals surface area contributed by atoms with E-state index in [0.29, 0.717) is 6.54 Å². The third-order valence-corrected chi connectivity index (χ3v) is 3.96. The van der Waals surface area contributed by atoms with Crippen LogP contribution in [0.4, 0.5) is 5.69 Å². The molecular weight excluding hydrogens is 320 g/mol. The van der Waals surface area contributed by atoms with Gasteiger partial charge in [-0.25, -0.2) is 4.68 Å². The first-order valence-electron chi connectivity index (χ1n) is 8.23. The predicted octanol–water partition coefficient (Wildman–Crippen LogP) is 0.971. The fourth-order valence-electron chi connectivity index (χ4n) is 2.87. The molecule has 130 valence electrons. The Morgan fingerprint density at radius 1 is 1.20 bits per heavy atom. The van der Waals surface area contributed by atoms with Gasteiger partial charge in [-0.2, -0.15) is 5.10 Å². The zero-order valence-electron chi connectivity index (χ0n) is 14.2. The van der Waals surface area contributed by atoms with Gasteiger partial charge in [0, 0.05) is 24.3 Å². The quantitative estimate of drug-likeness (QED) is 0.899. The Kier molecular flexibility index (Phi) is 4.65. The summed E-state index contributed by atoms with van der Waals surface area (Å²) in [5, 5.41) is 6.79. The Balaban J connectivity index is 1.84. The lowest BCUT2D eigenvalue weighted by Crippen LogP contribution is -2.38. The second-order valence-electron chi connectivity index (χ2n) is 6.27. The molecule has 0 saturated heterocycles. The summed E-state index contributed by atoms with van der Waals surface area (Å²) in [5.74, 6) is -0.594. The Labute approximate surface area is 145 Å². The second kappa shape index (κ2) is 6.88. The number of benzene rings is 1. The number of para-hydroxylation sites is 1. The molecule has 0 fully saturated rings. The molecule has 0 aliphatic carbocycles. The maximum absolute atomic E-state index is 12.8. The molecule has 1 aliphatic heterocycles. The minimum absolute atomic E-state index is 0.0332. The number of fused-ring (bicyclic) bond motifs is 1. The normalized spacial score (nSPS) is 13.0. The summed E-state index contributed by atoms with van der Waals surface area (Å²) in [4.78, 5) is 38.2. The predicted molar refractivity (Wildman–Crippen MR) is 93.6 cm³/mol. The van der Waals surface area contributed by atoms with Gasteiger partial charge in [0.1, 0.15) is 12.2 Å². The summed E-state index contributed by atoms with van der Waals surface area (Å²) in [5.41, 5.74) is 1.70. The molecule has 7 heteroatoms. The van der Waals surface area contributed by atoms with Crippen LogP contribution in [0.15, 0.2) is 41.2 Å². The Morgan fingerprint density at radius 2 is 1.96 bits per heavy atom. The minimum atomic E-state index is -0.419.